The van der Waals surface area contributed by atoms with Gasteiger partial charge < -0.3 is 20.6 Å². The Bertz CT molecular complexity index is 3300. The fraction of sp³-hybridized carbons (Fsp3) is 0.0877. The Balaban J connectivity index is 0.993. The first-order chi connectivity index (χ1) is 35.3. The summed E-state index contributed by atoms with van der Waals surface area (Å²) < 4.78 is 1.90. The van der Waals surface area contributed by atoms with Crippen molar-refractivity contribution in [2.24, 2.45) is 5.16 Å². The van der Waals surface area contributed by atoms with Crippen LogP contribution in [0.4, 0.5) is 5.13 Å². The van der Waals surface area contributed by atoms with Crippen LogP contribution in [0, 0.1) is 0 Å². The lowest BCUT2D eigenvalue weighted by Gasteiger charge is -2.49. The second kappa shape index (κ2) is 19.8. The van der Waals surface area contributed by atoms with Gasteiger partial charge in [0.2, 0.25) is 5.60 Å². The number of carbonyl (C=O) groups excluding carboxylic acids is 2. The highest BCUT2D eigenvalue weighted by molar-refractivity contribution is 8.00. The van der Waals surface area contributed by atoms with Gasteiger partial charge in [0.15, 0.2) is 10.8 Å². The third-order valence-electron chi connectivity index (χ3n) is 12.8. The SMILES string of the molecule is O=C(O)C1=C(C=Cc2csc3cncn23)CS[C@@H]2[C@H](NC(=O)/C(=N\OC(c3ccccc3)(c3ccccc3)c3ccccc3)c3csc(NC(c4ccccc4)(c4ccccc4)c4ccccc4)n3)C(=O)N12. The molecule has 2 aliphatic heterocycles. The minimum absolute atomic E-state index is 0.132. The van der Waals surface area contributed by atoms with E-state index in [0.29, 0.717) is 10.7 Å². The van der Waals surface area contributed by atoms with Gasteiger partial charge in [0.05, 0.1) is 11.9 Å². The van der Waals surface area contributed by atoms with Crippen LogP contribution in [0.2, 0.25) is 0 Å². The summed E-state index contributed by atoms with van der Waals surface area (Å²) in [6.45, 7) is 0. The van der Waals surface area contributed by atoms with Crippen molar-refractivity contribution in [3.8, 4) is 0 Å². The number of nitrogens with one attached hydrogen (secondary N) is 2. The molecule has 0 aliphatic carbocycles. The number of imidazole rings is 1. The largest absolute Gasteiger partial charge is 0.477 e. The van der Waals surface area contributed by atoms with Crippen molar-refractivity contribution in [3.05, 3.63) is 267 Å². The van der Waals surface area contributed by atoms with Crippen LogP contribution in [0.1, 0.15) is 44.8 Å². The number of rotatable bonds is 16. The molecule has 2 amide bonds. The fourth-order valence-corrected chi connectivity index (χ4v) is 12.3. The van der Waals surface area contributed by atoms with Crippen molar-refractivity contribution in [1.29, 1.82) is 0 Å². The maximum atomic E-state index is 15.1. The molecular formula is C57H43N7O5S3. The molecule has 12 nitrogen and oxygen atoms in total. The van der Waals surface area contributed by atoms with E-state index in [2.05, 4.69) is 52.0 Å². The average molecular weight is 1000 g/mol. The van der Waals surface area contributed by atoms with E-state index in [-0.39, 0.29) is 22.9 Å². The zero-order valence-corrected chi connectivity index (χ0v) is 40.6. The molecule has 11 rings (SSSR count). The van der Waals surface area contributed by atoms with E-state index in [1.54, 1.807) is 24.0 Å². The van der Waals surface area contributed by atoms with Gasteiger partial charge in [0, 0.05) is 33.2 Å². The number of hydrogen-bond donors (Lipinski definition) is 3. The Morgan fingerprint density at radius 3 is 1.72 bits per heavy atom. The standard InChI is InChI=1S/C57H43N7O5S3/c65-51(60-49-52(66)64-50(54(67)68)38(34-71-53(49)64)31-32-45-35-70-47-33-58-37-63(45)47)48(62-69-57(42-25-13-4-14-26-42,43-27-15-5-16-28-43)44-29-17-6-18-30-44)46-36-72-55(59-46)61-56(39-19-7-1-8-20-39,40-21-9-2-10-22-40)41-23-11-3-12-24-41/h1-33,35-37,49,53H,34H2,(H,59,61)(H,60,65)(H,67,68)/b32-31?,62-48-/t49-,53-/m1/s1. The second-order valence-electron chi connectivity index (χ2n) is 17.0. The summed E-state index contributed by atoms with van der Waals surface area (Å²) in [5.74, 6) is -2.27. The van der Waals surface area contributed by atoms with Crippen molar-refractivity contribution in [3.63, 3.8) is 0 Å². The number of aliphatic carboxylic acids is 1. The molecule has 1 fully saturated rings. The molecule has 2 atom stereocenters. The van der Waals surface area contributed by atoms with Gasteiger partial charge in [0.1, 0.15) is 39.5 Å². The van der Waals surface area contributed by atoms with E-state index in [9.17, 15) is 14.7 Å². The molecule has 0 spiro atoms. The summed E-state index contributed by atoms with van der Waals surface area (Å²) in [7, 11) is 0. The number of thioether (sulfide) groups is 1. The first kappa shape index (κ1) is 46.0. The molecule has 0 bridgehead atoms. The fourth-order valence-electron chi connectivity index (χ4n) is 9.40. The van der Waals surface area contributed by atoms with Crippen molar-refractivity contribution < 1.29 is 24.3 Å². The third kappa shape index (κ3) is 8.36. The number of oxime groups is 1. The van der Waals surface area contributed by atoms with Gasteiger partial charge in [-0.15, -0.1) is 34.4 Å². The monoisotopic (exact) mass is 1000 g/mol. The third-order valence-corrected chi connectivity index (χ3v) is 15.8. The molecule has 1 saturated heterocycles. The summed E-state index contributed by atoms with van der Waals surface area (Å²) in [5.41, 5.74) is 3.98. The lowest BCUT2D eigenvalue weighted by atomic mass is 9.77. The summed E-state index contributed by atoms with van der Waals surface area (Å²) >= 11 is 4.18. The van der Waals surface area contributed by atoms with E-state index in [1.165, 1.54) is 39.3 Å². The van der Waals surface area contributed by atoms with E-state index in [0.717, 1.165) is 43.9 Å². The topological polar surface area (TPSA) is 151 Å². The number of carboxylic acids is 1. The van der Waals surface area contributed by atoms with Gasteiger partial charge in [-0.05, 0) is 28.3 Å². The maximum absolute atomic E-state index is 15.1. The molecule has 0 unspecified atom stereocenters. The van der Waals surface area contributed by atoms with Crippen LogP contribution in [0.25, 0.3) is 10.9 Å². The lowest BCUT2D eigenvalue weighted by Crippen LogP contribution is -2.71. The molecule has 0 saturated carbocycles. The van der Waals surface area contributed by atoms with Gasteiger partial charge in [-0.1, -0.05) is 193 Å². The van der Waals surface area contributed by atoms with Gasteiger partial charge in [-0.25, -0.2) is 14.8 Å². The van der Waals surface area contributed by atoms with Crippen LogP contribution in [0.3, 0.4) is 0 Å². The van der Waals surface area contributed by atoms with Crippen LogP contribution < -0.4 is 10.6 Å². The van der Waals surface area contributed by atoms with Gasteiger partial charge in [0.25, 0.3) is 11.8 Å². The highest BCUT2D eigenvalue weighted by atomic mass is 32.2. The molecule has 3 N–H and O–H groups in total. The number of thiazole rings is 2. The number of allylic oxidation sites excluding steroid dienone is 1. The van der Waals surface area contributed by atoms with Crippen LogP contribution in [-0.4, -0.2) is 65.0 Å². The number of aromatic nitrogens is 3. The summed E-state index contributed by atoms with van der Waals surface area (Å²) in [6, 6.07) is 58.3. The average Bonchev–Trinajstić information content (AvgIpc) is 4.21. The highest BCUT2D eigenvalue weighted by Gasteiger charge is 2.54. The first-order valence-corrected chi connectivity index (χ1v) is 25.8. The van der Waals surface area contributed by atoms with Gasteiger partial charge in [-0.3, -0.25) is 18.9 Å². The van der Waals surface area contributed by atoms with Crippen molar-refractivity contribution in [2.75, 3.05) is 11.1 Å². The zero-order valence-electron chi connectivity index (χ0n) is 38.2. The number of fused-ring (bicyclic) bond motifs is 2. The molecule has 2 aliphatic rings. The molecule has 5 heterocycles. The Morgan fingerprint density at radius 1 is 0.694 bits per heavy atom. The summed E-state index contributed by atoms with van der Waals surface area (Å²) in [6.07, 6.45) is 6.99. The maximum Gasteiger partial charge on any atom is 0.352 e. The van der Waals surface area contributed by atoms with Crippen molar-refractivity contribution in [1.82, 2.24) is 24.6 Å². The number of nitrogens with zero attached hydrogens (tertiary/aromatic N) is 5. The van der Waals surface area contributed by atoms with Crippen molar-refractivity contribution in [2.45, 2.75) is 22.6 Å². The molecular weight excluding hydrogens is 959 g/mol. The van der Waals surface area contributed by atoms with Crippen LogP contribution in [-0.2, 0) is 30.4 Å². The van der Waals surface area contributed by atoms with Crippen LogP contribution in [0.5, 0.6) is 0 Å². The minimum atomic E-state index is -1.37. The Morgan fingerprint density at radius 2 is 1.21 bits per heavy atom. The second-order valence-corrected chi connectivity index (χ2v) is 19.8. The molecule has 354 valence electrons. The number of carboxylic acid groups (broad SMARTS) is 1. The molecule has 9 aromatic rings. The van der Waals surface area contributed by atoms with E-state index >= 15 is 4.79 Å². The van der Waals surface area contributed by atoms with E-state index < -0.39 is 40.3 Å². The summed E-state index contributed by atoms with van der Waals surface area (Å²) in [4.78, 5) is 60.7. The predicted molar refractivity (Wildman–Crippen MR) is 284 cm³/mol. The first-order valence-electron chi connectivity index (χ1n) is 23.0. The van der Waals surface area contributed by atoms with E-state index in [4.69, 9.17) is 15.0 Å². The number of β-lactam (4-membered cyclic amide) rings is 1. The number of amides is 2. The quantitative estimate of drug-likeness (QED) is 0.0372. The molecule has 6 aromatic carbocycles. The molecule has 72 heavy (non-hydrogen) atoms. The van der Waals surface area contributed by atoms with Crippen LogP contribution >= 0.6 is 34.4 Å². The molecule has 3 aromatic heterocycles. The number of anilines is 1. The van der Waals surface area contributed by atoms with Gasteiger partial charge in [-0.2, -0.15) is 0 Å². The minimum Gasteiger partial charge on any atom is -0.477 e. The lowest BCUT2D eigenvalue weighted by molar-refractivity contribution is -0.150. The highest BCUT2D eigenvalue weighted by Crippen LogP contribution is 2.44. The Kier molecular flexibility index (Phi) is 12.7. The number of carbonyl (C=O) groups is 3. The summed E-state index contributed by atoms with van der Waals surface area (Å²) in [5, 5.41) is 25.6. The Labute approximate surface area is 426 Å². The Hall–Kier alpha value is -8.37. The van der Waals surface area contributed by atoms with Crippen molar-refractivity contribution >= 4 is 74.0 Å². The molecule has 0 radical (unpaired) electrons. The molecule has 15 heteroatoms. The zero-order chi connectivity index (χ0) is 49.1. The van der Waals surface area contributed by atoms with Crippen LogP contribution in [0.15, 0.2) is 228 Å². The van der Waals surface area contributed by atoms with E-state index in [1.807, 2.05) is 161 Å². The normalized spacial score (nSPS) is 16.1. The predicted octanol–water partition coefficient (Wildman–Crippen LogP) is 10.4. The smallest absolute Gasteiger partial charge is 0.352 e. The van der Waals surface area contributed by atoms with Gasteiger partial charge >= 0.3 is 5.97 Å². The number of hydrogen-bond acceptors (Lipinski definition) is 11. The number of benzene rings is 6.